The molecule has 0 radical (unpaired) electrons. The molecule has 1 N–H and O–H groups in total. The molecular weight excluding hydrogens is 220 g/mol. The predicted octanol–water partition coefficient (Wildman–Crippen LogP) is 1.83. The molecule has 0 aliphatic rings. The normalized spacial score (nSPS) is 12.9. The van der Waals surface area contributed by atoms with Gasteiger partial charge in [-0.3, -0.25) is 4.68 Å². The Morgan fingerprint density at radius 2 is 2.44 bits per heavy atom. The molecule has 4 nitrogen and oxygen atoms in total. The van der Waals surface area contributed by atoms with Gasteiger partial charge in [0.1, 0.15) is 0 Å². The third kappa shape index (κ3) is 3.15. The summed E-state index contributed by atoms with van der Waals surface area (Å²) in [6.07, 6.45) is 3.78. The van der Waals surface area contributed by atoms with E-state index >= 15 is 0 Å². The summed E-state index contributed by atoms with van der Waals surface area (Å²) in [5.74, 6) is 0. The van der Waals surface area contributed by atoms with Crippen molar-refractivity contribution in [3.63, 3.8) is 0 Å². The fraction of sp³-hybridized carbons (Fsp3) is 0.455. The lowest BCUT2D eigenvalue weighted by Crippen LogP contribution is -2.30. The number of aromatic nitrogens is 3. The SMILES string of the molecule is Cc1nc(CN[C@@H](C)Cn2cccn2)cs1. The molecule has 0 spiro atoms. The monoisotopic (exact) mass is 236 g/mol. The summed E-state index contributed by atoms with van der Waals surface area (Å²) >= 11 is 1.69. The standard InChI is InChI=1S/C11H16N4S/c1-9(7-15-5-3-4-13-15)12-6-11-8-16-10(2)14-11/h3-5,8-9,12H,6-7H2,1-2H3/t9-/m0/s1. The fourth-order valence-corrected chi connectivity index (χ4v) is 2.13. The smallest absolute Gasteiger partial charge is 0.0897 e. The Labute approximate surface area is 99.3 Å². The minimum Gasteiger partial charge on any atom is -0.307 e. The Balaban J connectivity index is 1.77. The summed E-state index contributed by atoms with van der Waals surface area (Å²) in [6, 6.07) is 2.33. The number of hydrogen-bond donors (Lipinski definition) is 1. The largest absolute Gasteiger partial charge is 0.307 e. The van der Waals surface area contributed by atoms with Gasteiger partial charge in [0.15, 0.2) is 0 Å². The second-order valence-corrected chi connectivity index (χ2v) is 4.93. The zero-order chi connectivity index (χ0) is 11.4. The predicted molar refractivity (Wildman–Crippen MR) is 65.4 cm³/mol. The van der Waals surface area contributed by atoms with Gasteiger partial charge in [0.2, 0.25) is 0 Å². The van der Waals surface area contributed by atoms with E-state index in [1.807, 2.05) is 23.9 Å². The molecule has 0 aliphatic heterocycles. The van der Waals surface area contributed by atoms with Crippen molar-refractivity contribution in [2.45, 2.75) is 33.0 Å². The van der Waals surface area contributed by atoms with Gasteiger partial charge < -0.3 is 5.32 Å². The first-order chi connectivity index (χ1) is 7.74. The Kier molecular flexibility index (Phi) is 3.69. The van der Waals surface area contributed by atoms with Gasteiger partial charge in [-0.2, -0.15) is 5.10 Å². The van der Waals surface area contributed by atoms with E-state index in [4.69, 9.17) is 0 Å². The van der Waals surface area contributed by atoms with E-state index in [2.05, 4.69) is 27.7 Å². The van der Waals surface area contributed by atoms with Crippen LogP contribution in [0.4, 0.5) is 0 Å². The molecule has 0 saturated carbocycles. The molecule has 2 heterocycles. The Morgan fingerprint density at radius 1 is 1.56 bits per heavy atom. The van der Waals surface area contributed by atoms with Crippen LogP contribution in [0.5, 0.6) is 0 Å². The summed E-state index contributed by atoms with van der Waals surface area (Å²) in [4.78, 5) is 4.41. The minimum absolute atomic E-state index is 0.391. The second kappa shape index (κ2) is 5.23. The number of nitrogens with zero attached hydrogens (tertiary/aromatic N) is 3. The molecule has 0 fully saturated rings. The van der Waals surface area contributed by atoms with Crippen LogP contribution >= 0.6 is 11.3 Å². The molecule has 1 atom stereocenters. The average Bonchev–Trinajstić information content (AvgIpc) is 2.87. The van der Waals surface area contributed by atoms with Gasteiger partial charge in [-0.15, -0.1) is 11.3 Å². The van der Waals surface area contributed by atoms with Gasteiger partial charge in [-0.1, -0.05) is 0 Å². The number of rotatable bonds is 5. The molecule has 16 heavy (non-hydrogen) atoms. The molecule has 0 aromatic carbocycles. The van der Waals surface area contributed by atoms with E-state index in [0.29, 0.717) is 6.04 Å². The van der Waals surface area contributed by atoms with E-state index in [-0.39, 0.29) is 0 Å². The van der Waals surface area contributed by atoms with Gasteiger partial charge in [0.05, 0.1) is 17.2 Å². The van der Waals surface area contributed by atoms with Gasteiger partial charge in [0.25, 0.3) is 0 Å². The number of thiazole rings is 1. The molecule has 86 valence electrons. The molecular formula is C11H16N4S. The Morgan fingerprint density at radius 3 is 3.06 bits per heavy atom. The highest BCUT2D eigenvalue weighted by Gasteiger charge is 2.04. The van der Waals surface area contributed by atoms with Crippen molar-refractivity contribution < 1.29 is 0 Å². The zero-order valence-electron chi connectivity index (χ0n) is 9.55. The van der Waals surface area contributed by atoms with Crippen molar-refractivity contribution >= 4 is 11.3 Å². The van der Waals surface area contributed by atoms with Crippen LogP contribution in [-0.4, -0.2) is 20.8 Å². The lowest BCUT2D eigenvalue weighted by molar-refractivity contribution is 0.449. The van der Waals surface area contributed by atoms with Crippen LogP contribution < -0.4 is 5.32 Å². The average molecular weight is 236 g/mol. The molecule has 0 bridgehead atoms. The van der Waals surface area contributed by atoms with Crippen LogP contribution in [0.3, 0.4) is 0 Å². The molecule has 0 unspecified atom stereocenters. The van der Waals surface area contributed by atoms with Crippen LogP contribution in [0, 0.1) is 6.92 Å². The first-order valence-corrected chi connectivity index (χ1v) is 6.24. The molecule has 2 aromatic heterocycles. The maximum atomic E-state index is 4.41. The number of nitrogens with one attached hydrogen (secondary N) is 1. The topological polar surface area (TPSA) is 42.7 Å². The van der Waals surface area contributed by atoms with Crippen LogP contribution in [0.25, 0.3) is 0 Å². The maximum absolute atomic E-state index is 4.41. The highest BCUT2D eigenvalue weighted by molar-refractivity contribution is 7.09. The van der Waals surface area contributed by atoms with E-state index < -0.39 is 0 Å². The van der Waals surface area contributed by atoms with Gasteiger partial charge in [-0.25, -0.2) is 4.98 Å². The van der Waals surface area contributed by atoms with Crippen molar-refractivity contribution in [1.29, 1.82) is 0 Å². The number of aryl methyl sites for hydroxylation is 1. The first-order valence-electron chi connectivity index (χ1n) is 5.36. The van der Waals surface area contributed by atoms with Crippen molar-refractivity contribution in [2.24, 2.45) is 0 Å². The lowest BCUT2D eigenvalue weighted by Gasteiger charge is -2.12. The van der Waals surface area contributed by atoms with Crippen LogP contribution in [0.1, 0.15) is 17.6 Å². The summed E-state index contributed by atoms with van der Waals surface area (Å²) in [7, 11) is 0. The summed E-state index contributed by atoms with van der Waals surface area (Å²) < 4.78 is 1.93. The molecule has 0 saturated heterocycles. The van der Waals surface area contributed by atoms with E-state index in [1.54, 1.807) is 17.5 Å². The fourth-order valence-electron chi connectivity index (χ4n) is 1.52. The molecule has 5 heteroatoms. The van der Waals surface area contributed by atoms with Gasteiger partial charge in [-0.05, 0) is 19.9 Å². The van der Waals surface area contributed by atoms with Crippen molar-refractivity contribution in [3.8, 4) is 0 Å². The third-order valence-corrected chi connectivity index (χ3v) is 3.14. The summed E-state index contributed by atoms with van der Waals surface area (Å²) in [6.45, 7) is 5.89. The number of hydrogen-bond acceptors (Lipinski definition) is 4. The zero-order valence-corrected chi connectivity index (χ0v) is 10.4. The van der Waals surface area contributed by atoms with E-state index in [9.17, 15) is 0 Å². The highest BCUT2D eigenvalue weighted by Crippen LogP contribution is 2.07. The molecule has 2 aromatic rings. The van der Waals surface area contributed by atoms with Gasteiger partial charge in [0, 0.05) is 30.4 Å². The maximum Gasteiger partial charge on any atom is 0.0897 e. The van der Waals surface area contributed by atoms with Crippen molar-refractivity contribution in [1.82, 2.24) is 20.1 Å². The minimum atomic E-state index is 0.391. The van der Waals surface area contributed by atoms with E-state index in [1.165, 1.54) is 0 Å². The lowest BCUT2D eigenvalue weighted by atomic mass is 10.3. The molecule has 0 amide bonds. The Bertz CT molecular complexity index is 421. The summed E-state index contributed by atoms with van der Waals surface area (Å²) in [5.41, 5.74) is 1.12. The van der Waals surface area contributed by atoms with Crippen molar-refractivity contribution in [3.05, 3.63) is 34.5 Å². The van der Waals surface area contributed by atoms with Crippen LogP contribution in [0.15, 0.2) is 23.8 Å². The summed E-state index contributed by atoms with van der Waals surface area (Å²) in [5, 5.41) is 10.8. The Hall–Kier alpha value is -1.20. The first kappa shape index (κ1) is 11.3. The molecule has 2 rings (SSSR count). The van der Waals surface area contributed by atoms with E-state index in [0.717, 1.165) is 23.8 Å². The van der Waals surface area contributed by atoms with Crippen molar-refractivity contribution in [2.75, 3.05) is 0 Å². The third-order valence-electron chi connectivity index (χ3n) is 2.32. The quantitative estimate of drug-likeness (QED) is 0.861. The second-order valence-electron chi connectivity index (χ2n) is 3.87. The van der Waals surface area contributed by atoms with Crippen LogP contribution in [0.2, 0.25) is 0 Å². The van der Waals surface area contributed by atoms with Crippen LogP contribution in [-0.2, 0) is 13.1 Å². The molecule has 0 aliphatic carbocycles. The van der Waals surface area contributed by atoms with Gasteiger partial charge >= 0.3 is 0 Å². The highest BCUT2D eigenvalue weighted by atomic mass is 32.1.